The molecular weight excluding hydrogens is 300 g/mol. The third-order valence-corrected chi connectivity index (χ3v) is 6.21. The minimum absolute atomic E-state index is 0.0984. The maximum atomic E-state index is 12.2. The molecule has 5 nitrogen and oxygen atoms in total. The molecule has 0 spiro atoms. The number of rotatable bonds is 3. The summed E-state index contributed by atoms with van der Waals surface area (Å²) < 4.78 is 26.0. The number of aromatic amines is 1. The molecule has 0 aliphatic carbocycles. The molecule has 1 aliphatic rings. The molecule has 0 saturated heterocycles. The fourth-order valence-corrected chi connectivity index (χ4v) is 4.45. The summed E-state index contributed by atoms with van der Waals surface area (Å²) >= 11 is 0. The van der Waals surface area contributed by atoms with Gasteiger partial charge in [-0.2, -0.15) is 4.31 Å². The zero-order valence-electron chi connectivity index (χ0n) is 12.8. The molecule has 22 heavy (non-hydrogen) atoms. The number of pyridine rings is 1. The first-order chi connectivity index (χ1) is 10.4. The Kier molecular flexibility index (Phi) is 3.82. The maximum Gasteiger partial charge on any atom is 0.251 e. The number of aromatic nitrogens is 1. The van der Waals surface area contributed by atoms with Crippen molar-refractivity contribution in [2.45, 2.75) is 33.2 Å². The number of benzene rings is 1. The first kappa shape index (κ1) is 15.2. The Hall–Kier alpha value is -1.66. The van der Waals surface area contributed by atoms with Gasteiger partial charge < -0.3 is 4.98 Å². The zero-order chi connectivity index (χ0) is 15.9. The van der Waals surface area contributed by atoms with E-state index in [2.05, 4.69) is 11.1 Å². The van der Waals surface area contributed by atoms with Crippen molar-refractivity contribution in [1.82, 2.24) is 9.29 Å². The minimum Gasteiger partial charge on any atom is -0.322 e. The van der Waals surface area contributed by atoms with Crippen molar-refractivity contribution in [1.29, 1.82) is 0 Å². The van der Waals surface area contributed by atoms with E-state index in [-0.39, 0.29) is 11.3 Å². The molecule has 0 saturated carbocycles. The summed E-state index contributed by atoms with van der Waals surface area (Å²) in [5.41, 5.74) is 3.51. The number of H-pyrrole nitrogens is 1. The van der Waals surface area contributed by atoms with E-state index in [4.69, 9.17) is 0 Å². The molecule has 0 unspecified atom stereocenters. The van der Waals surface area contributed by atoms with Crippen LogP contribution in [-0.2, 0) is 23.0 Å². The molecule has 0 amide bonds. The molecule has 6 heteroatoms. The van der Waals surface area contributed by atoms with Crippen LogP contribution < -0.4 is 5.56 Å². The van der Waals surface area contributed by atoms with E-state index >= 15 is 0 Å². The van der Waals surface area contributed by atoms with Gasteiger partial charge in [-0.25, -0.2) is 8.42 Å². The molecule has 3 rings (SSSR count). The molecule has 2 heterocycles. The minimum atomic E-state index is -3.18. The smallest absolute Gasteiger partial charge is 0.251 e. The van der Waals surface area contributed by atoms with Gasteiger partial charge in [0, 0.05) is 24.2 Å². The van der Waals surface area contributed by atoms with Crippen LogP contribution in [0.1, 0.15) is 30.0 Å². The first-order valence-electron chi connectivity index (χ1n) is 7.54. The van der Waals surface area contributed by atoms with Gasteiger partial charge in [0.1, 0.15) is 0 Å². The second kappa shape index (κ2) is 5.52. The Labute approximate surface area is 130 Å². The largest absolute Gasteiger partial charge is 0.322 e. The van der Waals surface area contributed by atoms with Crippen molar-refractivity contribution in [3.05, 3.63) is 45.2 Å². The van der Waals surface area contributed by atoms with Gasteiger partial charge in [0.05, 0.1) is 5.75 Å². The molecular formula is C16H20N2O3S. The number of sulfonamides is 1. The van der Waals surface area contributed by atoms with Gasteiger partial charge in [0.2, 0.25) is 10.0 Å². The van der Waals surface area contributed by atoms with E-state index in [1.165, 1.54) is 5.56 Å². The Bertz CT molecular complexity index is 884. The summed E-state index contributed by atoms with van der Waals surface area (Å²) in [6.45, 7) is 4.58. The SMILES string of the molecule is CCCS(=O)(=O)N1CCc2cc3cc(C)c(=O)[nH]c3cc2C1. The quantitative estimate of drug-likeness (QED) is 0.939. The number of hydrogen-bond donors (Lipinski definition) is 1. The molecule has 0 bridgehead atoms. The third-order valence-electron chi connectivity index (χ3n) is 4.18. The summed E-state index contributed by atoms with van der Waals surface area (Å²) in [6.07, 6.45) is 1.34. The lowest BCUT2D eigenvalue weighted by molar-refractivity contribution is 0.391. The standard InChI is InChI=1S/C16H20N2O3S/c1-3-6-22(20,21)18-5-4-12-8-13-7-11(2)16(19)17-15(13)9-14(12)10-18/h7-9H,3-6,10H2,1-2H3,(H,17,19). The van der Waals surface area contributed by atoms with Crippen LogP contribution in [-0.4, -0.2) is 30.0 Å². The Balaban J connectivity index is 2.03. The van der Waals surface area contributed by atoms with Gasteiger partial charge in [0.25, 0.3) is 5.56 Å². The molecule has 1 aliphatic heterocycles. The van der Waals surface area contributed by atoms with Crippen molar-refractivity contribution in [3.8, 4) is 0 Å². The highest BCUT2D eigenvalue weighted by atomic mass is 32.2. The van der Waals surface area contributed by atoms with Gasteiger partial charge in [0.15, 0.2) is 0 Å². The second-order valence-electron chi connectivity index (χ2n) is 5.89. The highest BCUT2D eigenvalue weighted by molar-refractivity contribution is 7.89. The molecule has 0 atom stereocenters. The fourth-order valence-electron chi connectivity index (χ4n) is 2.97. The van der Waals surface area contributed by atoms with Crippen LogP contribution >= 0.6 is 0 Å². The van der Waals surface area contributed by atoms with Crippen molar-refractivity contribution in [2.24, 2.45) is 0 Å². The van der Waals surface area contributed by atoms with Crippen molar-refractivity contribution >= 4 is 20.9 Å². The summed E-state index contributed by atoms with van der Waals surface area (Å²) in [5.74, 6) is 0.186. The van der Waals surface area contributed by atoms with E-state index < -0.39 is 10.0 Å². The number of aryl methyl sites for hydroxylation is 1. The number of nitrogens with zero attached hydrogens (tertiary/aromatic N) is 1. The Morgan fingerprint density at radius 1 is 1.23 bits per heavy atom. The average Bonchev–Trinajstić information content (AvgIpc) is 2.46. The first-order valence-corrected chi connectivity index (χ1v) is 9.15. The Morgan fingerprint density at radius 3 is 2.73 bits per heavy atom. The van der Waals surface area contributed by atoms with Crippen molar-refractivity contribution in [2.75, 3.05) is 12.3 Å². The van der Waals surface area contributed by atoms with Crippen LogP contribution in [0, 0.1) is 6.92 Å². The second-order valence-corrected chi connectivity index (χ2v) is 7.98. The van der Waals surface area contributed by atoms with Gasteiger partial charge in [-0.05, 0) is 54.5 Å². The highest BCUT2D eigenvalue weighted by Gasteiger charge is 2.26. The Morgan fingerprint density at radius 2 is 2.00 bits per heavy atom. The lowest BCUT2D eigenvalue weighted by Crippen LogP contribution is -2.37. The average molecular weight is 320 g/mol. The molecule has 1 aromatic heterocycles. The van der Waals surface area contributed by atoms with E-state index in [9.17, 15) is 13.2 Å². The van der Waals surface area contributed by atoms with Gasteiger partial charge in [-0.1, -0.05) is 6.92 Å². The van der Waals surface area contributed by atoms with Gasteiger partial charge in [-0.15, -0.1) is 0 Å². The summed E-state index contributed by atoms with van der Waals surface area (Å²) in [4.78, 5) is 14.6. The van der Waals surface area contributed by atoms with Crippen LogP contribution in [0.25, 0.3) is 10.9 Å². The molecule has 118 valence electrons. The molecule has 1 N–H and O–H groups in total. The number of fused-ring (bicyclic) bond motifs is 2. The van der Waals surface area contributed by atoms with Gasteiger partial charge >= 0.3 is 0 Å². The van der Waals surface area contributed by atoms with Crippen LogP contribution in [0.15, 0.2) is 23.0 Å². The number of hydrogen-bond acceptors (Lipinski definition) is 3. The lowest BCUT2D eigenvalue weighted by Gasteiger charge is -2.28. The molecule has 0 fully saturated rings. The summed E-state index contributed by atoms with van der Waals surface area (Å²) in [5, 5.41) is 1.00. The molecule has 0 radical (unpaired) electrons. The van der Waals surface area contributed by atoms with Crippen LogP contribution in [0.3, 0.4) is 0 Å². The van der Waals surface area contributed by atoms with Gasteiger partial charge in [-0.3, -0.25) is 4.79 Å². The van der Waals surface area contributed by atoms with Crippen LogP contribution in [0.2, 0.25) is 0 Å². The maximum absolute atomic E-state index is 12.2. The molecule has 2 aromatic rings. The van der Waals surface area contributed by atoms with E-state index in [1.54, 1.807) is 11.2 Å². The predicted molar refractivity (Wildman–Crippen MR) is 87.5 cm³/mol. The summed E-state index contributed by atoms with van der Waals surface area (Å²) in [6, 6.07) is 5.87. The van der Waals surface area contributed by atoms with Crippen LogP contribution in [0.5, 0.6) is 0 Å². The van der Waals surface area contributed by atoms with E-state index in [0.29, 0.717) is 31.5 Å². The fraction of sp³-hybridized carbons (Fsp3) is 0.438. The van der Waals surface area contributed by atoms with Crippen LogP contribution in [0.4, 0.5) is 0 Å². The monoisotopic (exact) mass is 320 g/mol. The van der Waals surface area contributed by atoms with Crippen molar-refractivity contribution < 1.29 is 8.42 Å². The summed E-state index contributed by atoms with van der Waals surface area (Å²) in [7, 11) is -3.18. The lowest BCUT2D eigenvalue weighted by atomic mass is 9.98. The number of nitrogens with one attached hydrogen (secondary N) is 1. The molecule has 1 aromatic carbocycles. The predicted octanol–water partition coefficient (Wildman–Crippen LogP) is 1.93. The van der Waals surface area contributed by atoms with E-state index in [1.807, 2.05) is 19.1 Å². The topological polar surface area (TPSA) is 70.2 Å². The third kappa shape index (κ3) is 2.68. The highest BCUT2D eigenvalue weighted by Crippen LogP contribution is 2.25. The zero-order valence-corrected chi connectivity index (χ0v) is 13.7. The van der Waals surface area contributed by atoms with Crippen molar-refractivity contribution in [3.63, 3.8) is 0 Å². The normalized spacial score (nSPS) is 15.9. The van der Waals surface area contributed by atoms with E-state index in [0.717, 1.165) is 16.5 Å².